The Kier molecular flexibility index (Phi) is 3.41. The third kappa shape index (κ3) is 2.84. The number of ether oxygens (including phenoxy) is 1. The van der Waals surface area contributed by atoms with Crippen molar-refractivity contribution in [2.75, 3.05) is 18.5 Å². The van der Waals surface area contributed by atoms with Crippen molar-refractivity contribution in [1.29, 1.82) is 0 Å². The molecule has 3 aromatic rings. The minimum atomic E-state index is -0.0765. The first-order valence-corrected chi connectivity index (χ1v) is 8.86. The lowest BCUT2D eigenvalue weighted by Crippen LogP contribution is -2.34. The molecular weight excluding hydrogens is 318 g/mol. The van der Waals surface area contributed by atoms with E-state index < -0.39 is 0 Å². The topological polar surface area (TPSA) is 98.6 Å². The summed E-state index contributed by atoms with van der Waals surface area (Å²) in [5, 5.41) is 17.2. The fourth-order valence-corrected chi connectivity index (χ4v) is 3.69. The maximum atomic E-state index is 11.8. The molecule has 7 nitrogen and oxygen atoms in total. The van der Waals surface area contributed by atoms with Crippen LogP contribution < -0.4 is 10.9 Å². The third-order valence-electron chi connectivity index (χ3n) is 5.24. The van der Waals surface area contributed by atoms with Crippen LogP contribution in [0.1, 0.15) is 42.4 Å². The normalized spacial score (nSPS) is 23.8. The summed E-state index contributed by atoms with van der Waals surface area (Å²) in [7, 11) is 0. The van der Waals surface area contributed by atoms with Gasteiger partial charge in [0.2, 0.25) is 0 Å². The summed E-state index contributed by atoms with van der Waals surface area (Å²) < 4.78 is 5.82. The van der Waals surface area contributed by atoms with Gasteiger partial charge in [-0.2, -0.15) is 5.10 Å². The van der Waals surface area contributed by atoms with Crippen molar-refractivity contribution < 1.29 is 4.74 Å². The van der Waals surface area contributed by atoms with Crippen LogP contribution in [-0.4, -0.2) is 39.7 Å². The number of aromatic nitrogens is 4. The zero-order valence-corrected chi connectivity index (χ0v) is 13.8. The van der Waals surface area contributed by atoms with Crippen LogP contribution >= 0.6 is 0 Å². The zero-order chi connectivity index (χ0) is 16.8. The van der Waals surface area contributed by atoms with E-state index in [0.717, 1.165) is 23.3 Å². The summed E-state index contributed by atoms with van der Waals surface area (Å²) in [5.74, 6) is 1.84. The van der Waals surface area contributed by atoms with E-state index in [0.29, 0.717) is 24.5 Å². The van der Waals surface area contributed by atoms with Crippen LogP contribution in [0.3, 0.4) is 0 Å². The minimum Gasteiger partial charge on any atom is -0.379 e. The molecule has 0 amide bonds. The predicted octanol–water partition coefficient (Wildman–Crippen LogP) is 2.44. The van der Waals surface area contributed by atoms with Crippen molar-refractivity contribution in [2.24, 2.45) is 0 Å². The Hall–Kier alpha value is -2.54. The number of nitrogens with one attached hydrogen (secondary N) is 4. The lowest BCUT2D eigenvalue weighted by Gasteiger charge is -2.30. The van der Waals surface area contributed by atoms with E-state index in [9.17, 15) is 4.79 Å². The fourth-order valence-electron chi connectivity index (χ4n) is 3.69. The summed E-state index contributed by atoms with van der Waals surface area (Å²) in [6.07, 6.45) is 3.48. The maximum Gasteiger partial charge on any atom is 0.271 e. The molecule has 1 saturated heterocycles. The standard InChI is InChI=1S/C18H21N5O2/c24-18-14-6-11(3-4-15(14)20-23-18)12-5-13(9-25-8-12)19-17-7-16(21-22-17)10-1-2-10/h3-4,6-7,10,12-13H,1-2,5,8-9H2,(H2,19,21,22)(H2,20,23,24). The molecule has 5 rings (SSSR count). The van der Waals surface area contributed by atoms with Crippen LogP contribution in [0.2, 0.25) is 0 Å². The summed E-state index contributed by atoms with van der Waals surface area (Å²) in [6.45, 7) is 1.36. The first-order chi connectivity index (χ1) is 12.3. The van der Waals surface area contributed by atoms with Crippen molar-refractivity contribution in [2.45, 2.75) is 37.1 Å². The van der Waals surface area contributed by atoms with E-state index in [-0.39, 0.29) is 17.5 Å². The highest BCUT2D eigenvalue weighted by Crippen LogP contribution is 2.39. The second kappa shape index (κ2) is 5.77. The van der Waals surface area contributed by atoms with Gasteiger partial charge in [-0.25, -0.2) is 0 Å². The number of hydrogen-bond acceptors (Lipinski definition) is 4. The number of rotatable bonds is 4. The van der Waals surface area contributed by atoms with Crippen LogP contribution in [0, 0.1) is 0 Å². The molecule has 1 aliphatic carbocycles. The number of anilines is 1. The monoisotopic (exact) mass is 339 g/mol. The van der Waals surface area contributed by atoms with Crippen LogP contribution in [0.5, 0.6) is 0 Å². The van der Waals surface area contributed by atoms with Crippen molar-refractivity contribution >= 4 is 16.7 Å². The molecule has 0 radical (unpaired) electrons. The molecule has 0 bridgehead atoms. The zero-order valence-electron chi connectivity index (χ0n) is 13.8. The van der Waals surface area contributed by atoms with Crippen LogP contribution in [-0.2, 0) is 4.74 Å². The minimum absolute atomic E-state index is 0.0765. The van der Waals surface area contributed by atoms with Gasteiger partial charge in [0.1, 0.15) is 5.82 Å². The molecule has 1 saturated carbocycles. The Labute approximate surface area is 144 Å². The van der Waals surface area contributed by atoms with Crippen molar-refractivity contribution in [3.63, 3.8) is 0 Å². The number of aromatic amines is 3. The SMILES string of the molecule is O=c1[nH][nH]c2ccc(C3COCC(Nc4cc(C5CC5)[nH]n4)C3)cc12. The van der Waals surface area contributed by atoms with Gasteiger partial charge in [-0.3, -0.25) is 20.1 Å². The van der Waals surface area contributed by atoms with Gasteiger partial charge in [0.15, 0.2) is 0 Å². The molecule has 7 heteroatoms. The fraction of sp³-hybridized carbons (Fsp3) is 0.444. The van der Waals surface area contributed by atoms with Gasteiger partial charge in [-0.05, 0) is 37.0 Å². The maximum absolute atomic E-state index is 11.8. The highest BCUT2D eigenvalue weighted by atomic mass is 16.5. The second-order valence-corrected chi connectivity index (χ2v) is 7.18. The van der Waals surface area contributed by atoms with Crippen LogP contribution in [0.4, 0.5) is 5.82 Å². The number of nitrogens with zero attached hydrogens (tertiary/aromatic N) is 1. The van der Waals surface area contributed by atoms with Gasteiger partial charge >= 0.3 is 0 Å². The predicted molar refractivity (Wildman–Crippen MR) is 95.1 cm³/mol. The van der Waals surface area contributed by atoms with Crippen molar-refractivity contribution in [3.8, 4) is 0 Å². The summed E-state index contributed by atoms with van der Waals surface area (Å²) in [5.41, 5.74) is 3.13. The smallest absolute Gasteiger partial charge is 0.271 e. The number of hydrogen-bond donors (Lipinski definition) is 4. The Balaban J connectivity index is 1.32. The van der Waals surface area contributed by atoms with E-state index in [1.165, 1.54) is 18.5 Å². The van der Waals surface area contributed by atoms with Crippen LogP contribution in [0.15, 0.2) is 29.1 Å². The van der Waals surface area contributed by atoms with Crippen molar-refractivity contribution in [1.82, 2.24) is 20.4 Å². The van der Waals surface area contributed by atoms with Gasteiger partial charge in [0.05, 0.1) is 30.2 Å². The molecular formula is C18H21N5O2. The Morgan fingerprint density at radius 2 is 2.04 bits per heavy atom. The Bertz CT molecular complexity index is 952. The van der Waals surface area contributed by atoms with E-state index in [1.54, 1.807) is 0 Å². The largest absolute Gasteiger partial charge is 0.379 e. The molecule has 2 unspecified atom stereocenters. The third-order valence-corrected chi connectivity index (χ3v) is 5.24. The lowest BCUT2D eigenvalue weighted by atomic mass is 9.90. The number of H-pyrrole nitrogens is 3. The summed E-state index contributed by atoms with van der Waals surface area (Å²) in [4.78, 5) is 11.8. The quantitative estimate of drug-likeness (QED) is 0.587. The number of benzene rings is 1. The molecule has 1 aromatic carbocycles. The Morgan fingerprint density at radius 1 is 1.12 bits per heavy atom. The molecule has 0 spiro atoms. The molecule has 2 aromatic heterocycles. The highest BCUT2D eigenvalue weighted by molar-refractivity contribution is 5.78. The Morgan fingerprint density at radius 3 is 2.92 bits per heavy atom. The van der Waals surface area contributed by atoms with E-state index >= 15 is 0 Å². The second-order valence-electron chi connectivity index (χ2n) is 7.18. The molecule has 2 fully saturated rings. The van der Waals surface area contributed by atoms with Gasteiger partial charge in [0.25, 0.3) is 5.56 Å². The average molecular weight is 339 g/mol. The molecule has 3 heterocycles. The van der Waals surface area contributed by atoms with Gasteiger partial charge in [0, 0.05) is 23.6 Å². The lowest BCUT2D eigenvalue weighted by molar-refractivity contribution is 0.0713. The molecule has 130 valence electrons. The molecule has 1 aliphatic heterocycles. The van der Waals surface area contributed by atoms with E-state index in [1.807, 2.05) is 12.1 Å². The van der Waals surface area contributed by atoms with E-state index in [4.69, 9.17) is 4.74 Å². The first kappa shape index (κ1) is 14.8. The van der Waals surface area contributed by atoms with Crippen LogP contribution in [0.25, 0.3) is 10.9 Å². The molecule has 2 aliphatic rings. The van der Waals surface area contributed by atoms with Gasteiger partial charge in [-0.15, -0.1) is 0 Å². The molecule has 2 atom stereocenters. The average Bonchev–Trinajstić information content (AvgIpc) is 3.28. The van der Waals surface area contributed by atoms with Crippen molar-refractivity contribution in [3.05, 3.63) is 45.9 Å². The van der Waals surface area contributed by atoms with E-state index in [2.05, 4.69) is 37.8 Å². The van der Waals surface area contributed by atoms with Gasteiger partial charge in [-0.1, -0.05) is 6.07 Å². The molecule has 25 heavy (non-hydrogen) atoms. The highest BCUT2D eigenvalue weighted by Gasteiger charge is 2.27. The first-order valence-electron chi connectivity index (χ1n) is 8.86. The molecule has 4 N–H and O–H groups in total. The summed E-state index contributed by atoms with van der Waals surface area (Å²) >= 11 is 0. The van der Waals surface area contributed by atoms with Gasteiger partial charge < -0.3 is 10.1 Å². The summed E-state index contributed by atoms with van der Waals surface area (Å²) in [6, 6.07) is 8.33. The number of fused-ring (bicyclic) bond motifs is 1.